The van der Waals surface area contributed by atoms with Crippen LogP contribution < -0.4 is 20.3 Å². The van der Waals surface area contributed by atoms with E-state index in [-0.39, 0.29) is 12.0 Å². The molecule has 1 saturated heterocycles. The van der Waals surface area contributed by atoms with Crippen molar-refractivity contribution < 1.29 is 9.47 Å². The molecular weight excluding hydrogens is 268 g/mol. The molecule has 6 nitrogen and oxygen atoms in total. The van der Waals surface area contributed by atoms with E-state index in [4.69, 9.17) is 9.47 Å². The van der Waals surface area contributed by atoms with Crippen LogP contribution in [0.2, 0.25) is 0 Å². The van der Waals surface area contributed by atoms with Gasteiger partial charge in [-0.15, -0.1) is 0 Å². The molecule has 0 amide bonds. The van der Waals surface area contributed by atoms with E-state index in [2.05, 4.69) is 20.8 Å². The minimum absolute atomic E-state index is 0.150. The molecule has 1 aliphatic rings. The molecule has 3 heterocycles. The van der Waals surface area contributed by atoms with Crippen molar-refractivity contribution in [2.75, 3.05) is 20.8 Å². The third-order valence-electron chi connectivity index (χ3n) is 3.71. The summed E-state index contributed by atoms with van der Waals surface area (Å²) in [5.41, 5.74) is 8.76. The molecule has 110 valence electrons. The van der Waals surface area contributed by atoms with E-state index < -0.39 is 0 Å². The maximum absolute atomic E-state index is 5.43. The highest BCUT2D eigenvalue weighted by Gasteiger charge is 2.32. The average molecular weight is 286 g/mol. The summed E-state index contributed by atoms with van der Waals surface area (Å²) >= 11 is 0. The summed E-state index contributed by atoms with van der Waals surface area (Å²) < 4.78 is 10.6. The first kappa shape index (κ1) is 13.8. The molecule has 2 aromatic heterocycles. The number of pyridine rings is 2. The van der Waals surface area contributed by atoms with Gasteiger partial charge in [-0.3, -0.25) is 10.4 Å². The Labute approximate surface area is 123 Å². The lowest BCUT2D eigenvalue weighted by Gasteiger charge is -2.20. The first-order valence-electron chi connectivity index (χ1n) is 6.80. The van der Waals surface area contributed by atoms with Gasteiger partial charge in [-0.2, -0.15) is 4.98 Å². The fourth-order valence-corrected chi connectivity index (χ4v) is 2.67. The molecule has 2 atom stereocenters. The maximum Gasteiger partial charge on any atom is 0.219 e. The minimum Gasteiger partial charge on any atom is -0.481 e. The summed E-state index contributed by atoms with van der Waals surface area (Å²) in [5.74, 6) is 1.37. The number of nitrogens with one attached hydrogen (secondary N) is 2. The van der Waals surface area contributed by atoms with Crippen LogP contribution in [0.3, 0.4) is 0 Å². The molecule has 1 aliphatic heterocycles. The molecule has 0 bridgehead atoms. The summed E-state index contributed by atoms with van der Waals surface area (Å²) in [6.45, 7) is 0.803. The highest BCUT2D eigenvalue weighted by atomic mass is 16.5. The summed E-state index contributed by atoms with van der Waals surface area (Å²) in [7, 11) is 3.22. The summed E-state index contributed by atoms with van der Waals surface area (Å²) in [6.07, 6.45) is 3.60. The van der Waals surface area contributed by atoms with Gasteiger partial charge in [-0.1, -0.05) is 0 Å². The van der Waals surface area contributed by atoms with Crippen molar-refractivity contribution in [1.29, 1.82) is 0 Å². The third-order valence-corrected chi connectivity index (χ3v) is 3.71. The molecule has 0 saturated carbocycles. The van der Waals surface area contributed by atoms with Crippen LogP contribution in [-0.4, -0.2) is 30.7 Å². The van der Waals surface area contributed by atoms with Gasteiger partial charge in [-0.05, 0) is 23.8 Å². The topological polar surface area (TPSA) is 68.3 Å². The Morgan fingerprint density at radius 2 is 1.90 bits per heavy atom. The number of aromatic nitrogens is 2. The number of ether oxygens (including phenoxy) is 2. The van der Waals surface area contributed by atoms with Gasteiger partial charge in [0.05, 0.1) is 20.3 Å². The van der Waals surface area contributed by atoms with Crippen molar-refractivity contribution in [3.63, 3.8) is 0 Å². The first-order chi connectivity index (χ1) is 10.3. The molecule has 0 spiro atoms. The van der Waals surface area contributed by atoms with Crippen LogP contribution in [0.1, 0.15) is 23.1 Å². The van der Waals surface area contributed by atoms with E-state index in [1.165, 1.54) is 5.56 Å². The monoisotopic (exact) mass is 286 g/mol. The van der Waals surface area contributed by atoms with E-state index >= 15 is 0 Å². The van der Waals surface area contributed by atoms with Gasteiger partial charge in [0.15, 0.2) is 0 Å². The number of hydrogen-bond acceptors (Lipinski definition) is 6. The molecular formula is C15H18N4O2. The predicted molar refractivity (Wildman–Crippen MR) is 78.2 cm³/mol. The van der Waals surface area contributed by atoms with Gasteiger partial charge < -0.3 is 9.47 Å². The second-order valence-electron chi connectivity index (χ2n) is 4.84. The molecule has 2 unspecified atom stereocenters. The number of rotatable bonds is 4. The standard InChI is InChI=1S/C15H18N4O2/c1-20-13-4-3-11(15(18-13)21-2)12-9-17-19-14(12)10-5-7-16-8-6-10/h3-8,12,14,17,19H,9H2,1-2H3. The lowest BCUT2D eigenvalue weighted by molar-refractivity contribution is 0.357. The Bertz CT molecular complexity index is 606. The van der Waals surface area contributed by atoms with Gasteiger partial charge in [0.1, 0.15) is 0 Å². The third kappa shape index (κ3) is 2.68. The lowest BCUT2D eigenvalue weighted by Crippen LogP contribution is -2.24. The fourth-order valence-electron chi connectivity index (χ4n) is 2.67. The van der Waals surface area contributed by atoms with Crippen molar-refractivity contribution >= 4 is 0 Å². The number of nitrogens with zero attached hydrogens (tertiary/aromatic N) is 2. The number of hydrazine groups is 1. The van der Waals surface area contributed by atoms with Crippen LogP contribution >= 0.6 is 0 Å². The highest BCUT2D eigenvalue weighted by Crippen LogP contribution is 2.37. The Kier molecular flexibility index (Phi) is 3.98. The van der Waals surface area contributed by atoms with Gasteiger partial charge >= 0.3 is 0 Å². The molecule has 21 heavy (non-hydrogen) atoms. The smallest absolute Gasteiger partial charge is 0.219 e. The SMILES string of the molecule is COc1ccc(C2CNNC2c2ccncc2)c(OC)n1. The fraction of sp³-hybridized carbons (Fsp3) is 0.333. The Morgan fingerprint density at radius 3 is 2.62 bits per heavy atom. The van der Waals surface area contributed by atoms with Crippen LogP contribution in [-0.2, 0) is 0 Å². The minimum atomic E-state index is 0.150. The van der Waals surface area contributed by atoms with Crippen LogP contribution in [0, 0.1) is 0 Å². The zero-order valence-electron chi connectivity index (χ0n) is 12.0. The van der Waals surface area contributed by atoms with E-state index in [0.717, 1.165) is 12.1 Å². The second-order valence-corrected chi connectivity index (χ2v) is 4.84. The van der Waals surface area contributed by atoms with Crippen LogP contribution in [0.15, 0.2) is 36.7 Å². The van der Waals surface area contributed by atoms with Gasteiger partial charge in [-0.25, -0.2) is 5.43 Å². The summed E-state index contributed by atoms with van der Waals surface area (Å²) in [5, 5.41) is 0. The first-order valence-corrected chi connectivity index (χ1v) is 6.80. The summed E-state index contributed by atoms with van der Waals surface area (Å²) in [4.78, 5) is 8.44. The Morgan fingerprint density at radius 1 is 1.10 bits per heavy atom. The van der Waals surface area contributed by atoms with Gasteiger partial charge in [0.25, 0.3) is 0 Å². The Hall–Kier alpha value is -2.18. The largest absolute Gasteiger partial charge is 0.481 e. The Balaban J connectivity index is 1.95. The van der Waals surface area contributed by atoms with E-state index in [9.17, 15) is 0 Å². The van der Waals surface area contributed by atoms with Gasteiger partial charge in [0.2, 0.25) is 11.8 Å². The van der Waals surface area contributed by atoms with Crippen LogP contribution in [0.4, 0.5) is 0 Å². The molecule has 1 fully saturated rings. The number of methoxy groups -OCH3 is 2. The molecule has 2 aromatic rings. The van der Waals surface area contributed by atoms with E-state index in [0.29, 0.717) is 11.8 Å². The molecule has 6 heteroatoms. The van der Waals surface area contributed by atoms with Crippen molar-refractivity contribution in [3.05, 3.63) is 47.8 Å². The van der Waals surface area contributed by atoms with E-state index in [1.54, 1.807) is 26.6 Å². The molecule has 0 aromatic carbocycles. The predicted octanol–water partition coefficient (Wildman–Crippen LogP) is 1.43. The molecule has 3 rings (SSSR count). The quantitative estimate of drug-likeness (QED) is 0.886. The zero-order chi connectivity index (χ0) is 14.7. The van der Waals surface area contributed by atoms with Crippen molar-refractivity contribution in [1.82, 2.24) is 20.8 Å². The maximum atomic E-state index is 5.43. The average Bonchev–Trinajstić information content (AvgIpc) is 3.04. The van der Waals surface area contributed by atoms with Crippen LogP contribution in [0.25, 0.3) is 0 Å². The highest BCUT2D eigenvalue weighted by molar-refractivity contribution is 5.37. The molecule has 2 N–H and O–H groups in total. The van der Waals surface area contributed by atoms with Crippen molar-refractivity contribution in [2.45, 2.75) is 12.0 Å². The van der Waals surface area contributed by atoms with Crippen molar-refractivity contribution in [3.8, 4) is 11.8 Å². The lowest BCUT2D eigenvalue weighted by atomic mass is 9.89. The zero-order valence-corrected chi connectivity index (χ0v) is 12.0. The van der Waals surface area contributed by atoms with Crippen molar-refractivity contribution in [2.24, 2.45) is 0 Å². The number of hydrogen-bond donors (Lipinski definition) is 2. The molecule has 0 radical (unpaired) electrons. The van der Waals surface area contributed by atoms with E-state index in [1.807, 2.05) is 24.3 Å². The van der Waals surface area contributed by atoms with Crippen LogP contribution in [0.5, 0.6) is 11.8 Å². The molecule has 0 aliphatic carbocycles. The normalized spacial score (nSPS) is 21.2. The van der Waals surface area contributed by atoms with Gasteiger partial charge in [0, 0.05) is 36.5 Å². The second kappa shape index (κ2) is 6.07. The summed E-state index contributed by atoms with van der Waals surface area (Å²) in [6, 6.07) is 8.05.